The number of rotatable bonds is 6. The van der Waals surface area contributed by atoms with Gasteiger partial charge >= 0.3 is 5.97 Å². The van der Waals surface area contributed by atoms with E-state index in [2.05, 4.69) is 14.9 Å². The number of H-pyrrole nitrogens is 1. The lowest BCUT2D eigenvalue weighted by molar-refractivity contribution is -0.154. The first-order valence-electron chi connectivity index (χ1n) is 7.47. The number of piperidine rings is 1. The van der Waals surface area contributed by atoms with E-state index < -0.39 is 11.4 Å². The predicted molar refractivity (Wildman–Crippen MR) is 80.7 cm³/mol. The number of aryl methyl sites for hydroxylation is 1. The molecule has 0 bridgehead atoms. The van der Waals surface area contributed by atoms with E-state index in [1.54, 1.807) is 14.0 Å². The van der Waals surface area contributed by atoms with E-state index in [9.17, 15) is 14.7 Å². The van der Waals surface area contributed by atoms with Crippen LogP contribution in [-0.4, -0.2) is 52.7 Å². The first kappa shape index (κ1) is 16.6. The van der Waals surface area contributed by atoms with Crippen LogP contribution in [-0.2, 0) is 16.1 Å². The first-order chi connectivity index (χ1) is 10.4. The number of ether oxygens (including phenoxy) is 1. The molecule has 0 aliphatic carbocycles. The summed E-state index contributed by atoms with van der Waals surface area (Å²) in [6.07, 6.45) is 1.97. The molecule has 2 rings (SSSR count). The van der Waals surface area contributed by atoms with Gasteiger partial charge in [-0.1, -0.05) is 0 Å². The van der Waals surface area contributed by atoms with Crippen LogP contribution in [0.2, 0.25) is 0 Å². The number of nitrogens with zero attached hydrogens (tertiary/aromatic N) is 2. The zero-order chi connectivity index (χ0) is 16.2. The molecule has 22 heavy (non-hydrogen) atoms. The van der Waals surface area contributed by atoms with Crippen LogP contribution in [0.4, 0.5) is 0 Å². The van der Waals surface area contributed by atoms with Gasteiger partial charge in [-0.2, -0.15) is 0 Å². The summed E-state index contributed by atoms with van der Waals surface area (Å²) in [6.45, 7) is 3.94. The van der Waals surface area contributed by atoms with Gasteiger partial charge in [-0.15, -0.1) is 0 Å². The highest BCUT2D eigenvalue weighted by Gasteiger charge is 2.42. The Balaban J connectivity index is 2.11. The third-order valence-electron chi connectivity index (χ3n) is 4.19. The summed E-state index contributed by atoms with van der Waals surface area (Å²) >= 11 is 0. The molecule has 0 amide bonds. The van der Waals surface area contributed by atoms with Gasteiger partial charge in [0.25, 0.3) is 5.56 Å². The number of carbonyl (C=O) groups is 1. The fraction of sp³-hybridized carbons (Fsp3) is 0.667. The van der Waals surface area contributed by atoms with Crippen molar-refractivity contribution in [1.82, 2.24) is 14.9 Å². The smallest absolute Gasteiger partial charge is 0.311 e. The Labute approximate surface area is 129 Å². The van der Waals surface area contributed by atoms with Crippen molar-refractivity contribution >= 4 is 5.97 Å². The zero-order valence-electron chi connectivity index (χ0n) is 13.1. The molecule has 1 aliphatic rings. The fourth-order valence-electron chi connectivity index (χ4n) is 3.10. The van der Waals surface area contributed by atoms with Crippen molar-refractivity contribution in [3.63, 3.8) is 0 Å². The van der Waals surface area contributed by atoms with Crippen LogP contribution in [0, 0.1) is 12.3 Å². The standard InChI is InChI=1S/C15H23N3O4/c1-11-16-12(8-13(19)17-11)9-18-6-3-4-15(10-18,14(20)21)5-7-22-2/h8H,3-7,9-10H2,1-2H3,(H,20,21)(H,16,17,19)/t15-/m0/s1. The van der Waals surface area contributed by atoms with Gasteiger partial charge < -0.3 is 14.8 Å². The summed E-state index contributed by atoms with van der Waals surface area (Å²) < 4.78 is 5.07. The lowest BCUT2D eigenvalue weighted by atomic mass is 9.77. The molecule has 1 aromatic heterocycles. The SMILES string of the molecule is COCC[C@@]1(C(=O)O)CCCN(Cc2cc(=O)[nH]c(C)n2)C1. The summed E-state index contributed by atoms with van der Waals surface area (Å²) in [7, 11) is 1.58. The first-order valence-corrected chi connectivity index (χ1v) is 7.47. The molecule has 122 valence electrons. The van der Waals surface area contributed by atoms with Crippen molar-refractivity contribution in [2.45, 2.75) is 32.7 Å². The predicted octanol–water partition coefficient (Wildman–Crippen LogP) is 0.782. The van der Waals surface area contributed by atoms with Crippen LogP contribution in [0.25, 0.3) is 0 Å². The van der Waals surface area contributed by atoms with E-state index in [-0.39, 0.29) is 5.56 Å². The molecule has 0 unspecified atom stereocenters. The fourth-order valence-corrected chi connectivity index (χ4v) is 3.10. The summed E-state index contributed by atoms with van der Waals surface area (Å²) in [5.74, 6) is -0.201. The molecular weight excluding hydrogens is 286 g/mol. The molecule has 7 heteroatoms. The van der Waals surface area contributed by atoms with Gasteiger partial charge in [0.15, 0.2) is 0 Å². The number of hydrogen-bond donors (Lipinski definition) is 2. The Kier molecular flexibility index (Phi) is 5.31. The monoisotopic (exact) mass is 309 g/mol. The van der Waals surface area contributed by atoms with E-state index >= 15 is 0 Å². The number of hydrogen-bond acceptors (Lipinski definition) is 5. The third-order valence-corrected chi connectivity index (χ3v) is 4.19. The summed E-state index contributed by atoms with van der Waals surface area (Å²) in [5.41, 5.74) is -0.276. The molecule has 2 heterocycles. The van der Waals surface area contributed by atoms with Crippen molar-refractivity contribution in [1.29, 1.82) is 0 Å². The largest absolute Gasteiger partial charge is 0.481 e. The minimum absolute atomic E-state index is 0.177. The van der Waals surface area contributed by atoms with E-state index in [1.807, 2.05) is 0 Å². The molecule has 7 nitrogen and oxygen atoms in total. The highest BCUT2D eigenvalue weighted by atomic mass is 16.5. The molecule has 0 radical (unpaired) electrons. The maximum absolute atomic E-state index is 11.7. The summed E-state index contributed by atoms with van der Waals surface area (Å²) in [5, 5.41) is 9.63. The molecule has 1 fully saturated rings. The molecular formula is C15H23N3O4. The Hall–Kier alpha value is -1.73. The number of aliphatic carboxylic acids is 1. The van der Waals surface area contributed by atoms with Crippen molar-refractivity contribution < 1.29 is 14.6 Å². The van der Waals surface area contributed by atoms with E-state index in [4.69, 9.17) is 4.74 Å². The van der Waals surface area contributed by atoms with Crippen LogP contribution >= 0.6 is 0 Å². The molecule has 1 saturated heterocycles. The average molecular weight is 309 g/mol. The summed E-state index contributed by atoms with van der Waals surface area (Å²) in [6, 6.07) is 1.47. The molecule has 2 N–H and O–H groups in total. The van der Waals surface area contributed by atoms with Gasteiger partial charge in [0, 0.05) is 32.9 Å². The minimum Gasteiger partial charge on any atom is -0.481 e. The average Bonchev–Trinajstić information content (AvgIpc) is 2.44. The van der Waals surface area contributed by atoms with E-state index in [0.717, 1.165) is 13.0 Å². The lowest BCUT2D eigenvalue weighted by Crippen LogP contribution is -2.48. The van der Waals surface area contributed by atoms with Crippen molar-refractivity contribution in [2.75, 3.05) is 26.8 Å². The van der Waals surface area contributed by atoms with Gasteiger partial charge in [-0.3, -0.25) is 14.5 Å². The van der Waals surface area contributed by atoms with Crippen molar-refractivity contribution in [3.8, 4) is 0 Å². The second kappa shape index (κ2) is 7.02. The minimum atomic E-state index is -0.774. The maximum Gasteiger partial charge on any atom is 0.311 e. The molecule has 1 atom stereocenters. The molecule has 1 aromatic rings. The Morgan fingerprint density at radius 1 is 1.59 bits per heavy atom. The van der Waals surface area contributed by atoms with Gasteiger partial charge in [-0.25, -0.2) is 4.98 Å². The highest BCUT2D eigenvalue weighted by Crippen LogP contribution is 2.34. The molecule has 0 saturated carbocycles. The lowest BCUT2D eigenvalue weighted by Gasteiger charge is -2.39. The number of carboxylic acid groups (broad SMARTS) is 1. The van der Waals surface area contributed by atoms with E-state index in [1.165, 1.54) is 6.07 Å². The van der Waals surface area contributed by atoms with Gasteiger partial charge in [0.1, 0.15) is 5.82 Å². The number of aromatic nitrogens is 2. The number of aromatic amines is 1. The Bertz CT molecular complexity index is 586. The number of nitrogens with one attached hydrogen (secondary N) is 1. The zero-order valence-corrected chi connectivity index (χ0v) is 13.1. The van der Waals surface area contributed by atoms with Gasteiger partial charge in [-0.05, 0) is 32.7 Å². The Morgan fingerprint density at radius 3 is 3.00 bits per heavy atom. The highest BCUT2D eigenvalue weighted by molar-refractivity contribution is 5.75. The number of likely N-dealkylation sites (tertiary alicyclic amines) is 1. The topological polar surface area (TPSA) is 95.5 Å². The summed E-state index contributed by atoms with van der Waals surface area (Å²) in [4.78, 5) is 32.2. The third kappa shape index (κ3) is 3.92. The van der Waals surface area contributed by atoms with Gasteiger partial charge in [0.05, 0.1) is 11.1 Å². The van der Waals surface area contributed by atoms with Crippen LogP contribution < -0.4 is 5.56 Å². The van der Waals surface area contributed by atoms with Crippen LogP contribution in [0.15, 0.2) is 10.9 Å². The molecule has 0 spiro atoms. The van der Waals surface area contributed by atoms with Gasteiger partial charge in [0.2, 0.25) is 0 Å². The van der Waals surface area contributed by atoms with E-state index in [0.29, 0.717) is 44.1 Å². The quantitative estimate of drug-likeness (QED) is 0.806. The molecule has 1 aliphatic heterocycles. The molecule has 0 aromatic carbocycles. The van der Waals surface area contributed by atoms with Crippen molar-refractivity contribution in [2.24, 2.45) is 5.41 Å². The number of carboxylic acids is 1. The van der Waals surface area contributed by atoms with Crippen LogP contribution in [0.5, 0.6) is 0 Å². The van der Waals surface area contributed by atoms with Crippen LogP contribution in [0.3, 0.4) is 0 Å². The second-order valence-electron chi connectivity index (χ2n) is 5.96. The second-order valence-corrected chi connectivity index (χ2v) is 5.96. The van der Waals surface area contributed by atoms with Crippen molar-refractivity contribution in [3.05, 3.63) is 27.9 Å². The Morgan fingerprint density at radius 2 is 2.36 bits per heavy atom. The van der Waals surface area contributed by atoms with Crippen LogP contribution in [0.1, 0.15) is 30.8 Å². The number of methoxy groups -OCH3 is 1. The maximum atomic E-state index is 11.7. The normalized spacial score (nSPS) is 22.6.